The van der Waals surface area contributed by atoms with Gasteiger partial charge in [0.25, 0.3) is 10.0 Å². The van der Waals surface area contributed by atoms with Crippen LogP contribution in [0, 0.1) is 13.8 Å². The van der Waals surface area contributed by atoms with Crippen LogP contribution in [0.15, 0.2) is 77.7 Å². The number of aryl methyl sites for hydroxylation is 1. The maximum absolute atomic E-state index is 14.0. The summed E-state index contributed by atoms with van der Waals surface area (Å²) in [4.78, 5) is 28.6. The summed E-state index contributed by atoms with van der Waals surface area (Å²) in [6, 6.07) is 19.6. The molecule has 0 heterocycles. The quantitative estimate of drug-likeness (QED) is 0.331. The number of benzene rings is 3. The number of hydrogen-bond acceptors (Lipinski definition) is 4. The van der Waals surface area contributed by atoms with Gasteiger partial charge in [0, 0.05) is 17.6 Å². The number of sulfonamides is 1. The maximum atomic E-state index is 14.0. The van der Waals surface area contributed by atoms with Gasteiger partial charge in [-0.05, 0) is 69.5 Å². The monoisotopic (exact) mass is 569 g/mol. The SMILES string of the molecule is CC[C@H](C)NC(=O)[C@@H](C)N(Cc1cccc(C)c1)C(=O)CN(c1cccc(Cl)c1C)S(=O)(=O)c1ccccc1. The first kappa shape index (κ1) is 30.2. The molecule has 1 N–H and O–H groups in total. The number of nitrogens with one attached hydrogen (secondary N) is 1. The molecule has 0 spiro atoms. The Labute approximate surface area is 236 Å². The fraction of sp³-hybridized carbons (Fsp3) is 0.333. The fourth-order valence-corrected chi connectivity index (χ4v) is 5.82. The molecule has 39 heavy (non-hydrogen) atoms. The number of rotatable bonds is 11. The standard InChI is InChI=1S/C30H36ClN3O4S/c1-6-22(3)32-30(36)24(5)33(19-25-13-10-12-21(2)18-25)29(35)20-34(28-17-11-16-27(31)23(28)4)39(37,38)26-14-8-7-9-15-26/h7-18,22,24H,6,19-20H2,1-5H3,(H,32,36)/t22-,24+/m0/s1. The highest BCUT2D eigenvalue weighted by atomic mass is 35.5. The number of carbonyl (C=O) groups is 2. The number of carbonyl (C=O) groups excluding carboxylic acids is 2. The number of nitrogens with zero attached hydrogens (tertiary/aromatic N) is 2. The Morgan fingerprint density at radius 1 is 0.949 bits per heavy atom. The van der Waals surface area contributed by atoms with Crippen LogP contribution in [0.25, 0.3) is 0 Å². The van der Waals surface area contributed by atoms with E-state index >= 15 is 0 Å². The van der Waals surface area contributed by atoms with Crippen LogP contribution in [0.5, 0.6) is 0 Å². The van der Waals surface area contributed by atoms with Crippen molar-refractivity contribution in [2.24, 2.45) is 0 Å². The Morgan fingerprint density at radius 3 is 2.26 bits per heavy atom. The fourth-order valence-electron chi connectivity index (χ4n) is 4.15. The molecule has 208 valence electrons. The van der Waals surface area contributed by atoms with E-state index in [4.69, 9.17) is 11.6 Å². The van der Waals surface area contributed by atoms with E-state index in [9.17, 15) is 18.0 Å². The summed E-state index contributed by atoms with van der Waals surface area (Å²) in [6.45, 7) is 8.81. The Bertz CT molecular complexity index is 1410. The van der Waals surface area contributed by atoms with Gasteiger partial charge >= 0.3 is 0 Å². The predicted octanol–water partition coefficient (Wildman–Crippen LogP) is 5.48. The van der Waals surface area contributed by atoms with E-state index in [2.05, 4.69) is 5.32 Å². The molecule has 0 aliphatic heterocycles. The summed E-state index contributed by atoms with van der Waals surface area (Å²) in [6.07, 6.45) is 0.738. The van der Waals surface area contributed by atoms with Crippen molar-refractivity contribution in [2.75, 3.05) is 10.8 Å². The molecule has 0 aliphatic rings. The topological polar surface area (TPSA) is 86.8 Å². The van der Waals surface area contributed by atoms with Crippen molar-refractivity contribution >= 4 is 39.1 Å². The van der Waals surface area contributed by atoms with Crippen molar-refractivity contribution in [3.63, 3.8) is 0 Å². The first-order valence-electron chi connectivity index (χ1n) is 12.9. The zero-order valence-corrected chi connectivity index (χ0v) is 24.6. The summed E-state index contributed by atoms with van der Waals surface area (Å²) in [7, 11) is -4.14. The summed E-state index contributed by atoms with van der Waals surface area (Å²) >= 11 is 6.36. The maximum Gasteiger partial charge on any atom is 0.264 e. The Kier molecular flexibility index (Phi) is 10.2. The average Bonchev–Trinajstić information content (AvgIpc) is 2.92. The highest BCUT2D eigenvalue weighted by molar-refractivity contribution is 7.92. The number of halogens is 1. The Hall–Kier alpha value is -3.36. The third-order valence-electron chi connectivity index (χ3n) is 6.72. The zero-order chi connectivity index (χ0) is 28.7. The molecule has 0 bridgehead atoms. The predicted molar refractivity (Wildman–Crippen MR) is 156 cm³/mol. The zero-order valence-electron chi connectivity index (χ0n) is 23.0. The Morgan fingerprint density at radius 2 is 1.62 bits per heavy atom. The first-order chi connectivity index (χ1) is 18.4. The van der Waals surface area contributed by atoms with Gasteiger partial charge in [0.05, 0.1) is 10.6 Å². The molecule has 9 heteroatoms. The molecule has 7 nitrogen and oxygen atoms in total. The number of anilines is 1. The molecule has 0 saturated heterocycles. The van der Waals surface area contributed by atoms with E-state index in [1.807, 2.05) is 45.0 Å². The highest BCUT2D eigenvalue weighted by Crippen LogP contribution is 2.31. The van der Waals surface area contributed by atoms with Crippen LogP contribution in [0.3, 0.4) is 0 Å². The van der Waals surface area contributed by atoms with Crippen molar-refractivity contribution in [3.05, 3.63) is 94.5 Å². The number of hydrogen-bond donors (Lipinski definition) is 1. The molecule has 0 aromatic heterocycles. The summed E-state index contributed by atoms with van der Waals surface area (Å²) in [5.74, 6) is -0.816. The molecule has 3 aromatic carbocycles. The molecule has 0 aliphatic carbocycles. The van der Waals surface area contributed by atoms with Gasteiger partial charge in [-0.15, -0.1) is 0 Å². The Balaban J connectivity index is 2.06. The molecule has 0 saturated carbocycles. The largest absolute Gasteiger partial charge is 0.352 e. The van der Waals surface area contributed by atoms with Crippen molar-refractivity contribution in [1.29, 1.82) is 0 Å². The molecule has 0 fully saturated rings. The smallest absolute Gasteiger partial charge is 0.264 e. The van der Waals surface area contributed by atoms with E-state index < -0.39 is 28.5 Å². The van der Waals surface area contributed by atoms with Crippen molar-refractivity contribution < 1.29 is 18.0 Å². The average molecular weight is 570 g/mol. The second-order valence-corrected chi connectivity index (χ2v) is 12.0. The van der Waals surface area contributed by atoms with Crippen LogP contribution >= 0.6 is 11.6 Å². The van der Waals surface area contributed by atoms with E-state index in [-0.39, 0.29) is 23.4 Å². The van der Waals surface area contributed by atoms with Gasteiger partial charge < -0.3 is 10.2 Å². The molecule has 0 unspecified atom stereocenters. The minimum Gasteiger partial charge on any atom is -0.352 e. The van der Waals surface area contributed by atoms with Crippen molar-refractivity contribution in [2.45, 2.75) is 64.6 Å². The van der Waals surface area contributed by atoms with Crippen LogP contribution in [-0.4, -0.2) is 43.8 Å². The molecule has 2 amide bonds. The third-order valence-corrected chi connectivity index (χ3v) is 8.91. The molecular formula is C30H36ClN3O4S. The van der Waals surface area contributed by atoms with Crippen molar-refractivity contribution in [3.8, 4) is 0 Å². The normalized spacial score (nSPS) is 12.9. The molecule has 3 rings (SSSR count). The van der Waals surface area contributed by atoms with Crippen LogP contribution in [0.2, 0.25) is 5.02 Å². The van der Waals surface area contributed by atoms with E-state index in [0.717, 1.165) is 21.9 Å². The molecule has 0 radical (unpaired) electrons. The van der Waals surface area contributed by atoms with E-state index in [1.165, 1.54) is 17.0 Å². The molecule has 3 aromatic rings. The van der Waals surface area contributed by atoms with Gasteiger partial charge in [0.15, 0.2) is 0 Å². The van der Waals surface area contributed by atoms with Crippen LogP contribution in [-0.2, 0) is 26.2 Å². The van der Waals surface area contributed by atoms with Crippen molar-refractivity contribution in [1.82, 2.24) is 10.2 Å². The lowest BCUT2D eigenvalue weighted by Crippen LogP contribution is -2.52. The van der Waals surface area contributed by atoms with Gasteiger partial charge in [-0.1, -0.05) is 72.6 Å². The van der Waals surface area contributed by atoms with Crippen LogP contribution in [0.4, 0.5) is 5.69 Å². The van der Waals surface area contributed by atoms with Gasteiger partial charge in [-0.25, -0.2) is 8.42 Å². The highest BCUT2D eigenvalue weighted by Gasteiger charge is 2.33. The lowest BCUT2D eigenvalue weighted by molar-refractivity contribution is -0.139. The second kappa shape index (κ2) is 13.1. The van der Waals surface area contributed by atoms with Gasteiger partial charge in [-0.2, -0.15) is 0 Å². The summed E-state index contributed by atoms with van der Waals surface area (Å²) < 4.78 is 28.8. The van der Waals surface area contributed by atoms with E-state index in [0.29, 0.717) is 16.3 Å². The van der Waals surface area contributed by atoms with E-state index in [1.54, 1.807) is 50.2 Å². The molecule has 2 atom stereocenters. The summed E-state index contributed by atoms with van der Waals surface area (Å²) in [5.41, 5.74) is 2.67. The second-order valence-electron chi connectivity index (χ2n) is 9.71. The van der Waals surface area contributed by atoms with Gasteiger partial charge in [0.1, 0.15) is 12.6 Å². The minimum absolute atomic E-state index is 0.0463. The summed E-state index contributed by atoms with van der Waals surface area (Å²) in [5, 5.41) is 3.32. The van der Waals surface area contributed by atoms with Gasteiger partial charge in [-0.3, -0.25) is 13.9 Å². The molecular weight excluding hydrogens is 534 g/mol. The van der Waals surface area contributed by atoms with Gasteiger partial charge in [0.2, 0.25) is 11.8 Å². The van der Waals surface area contributed by atoms with Crippen LogP contribution < -0.4 is 9.62 Å². The van der Waals surface area contributed by atoms with Crippen LogP contribution in [0.1, 0.15) is 43.9 Å². The number of amides is 2. The first-order valence-corrected chi connectivity index (χ1v) is 14.8. The lowest BCUT2D eigenvalue weighted by atomic mass is 10.1. The lowest BCUT2D eigenvalue weighted by Gasteiger charge is -2.33. The third kappa shape index (κ3) is 7.40. The minimum atomic E-state index is -4.14.